The Labute approximate surface area is 73.0 Å². The summed E-state index contributed by atoms with van der Waals surface area (Å²) in [5.74, 6) is 0.0885. The van der Waals surface area contributed by atoms with Crippen molar-refractivity contribution in [1.29, 1.82) is 0 Å². The summed E-state index contributed by atoms with van der Waals surface area (Å²) in [5, 5.41) is 8.97. The molecule has 1 aromatic carbocycles. The zero-order chi connectivity index (χ0) is 8.97. The van der Waals surface area contributed by atoms with Crippen molar-refractivity contribution >= 4 is 0 Å². The maximum Gasteiger partial charge on any atom is 0.0511 e. The van der Waals surface area contributed by atoms with Crippen LogP contribution >= 0.6 is 0 Å². The third-order valence-electron chi connectivity index (χ3n) is 2.05. The molecule has 1 atom stereocenters. The molecule has 0 aliphatic carbocycles. The van der Waals surface area contributed by atoms with Gasteiger partial charge in [0.1, 0.15) is 0 Å². The molecule has 1 rings (SSSR count). The van der Waals surface area contributed by atoms with Crippen molar-refractivity contribution in [2.45, 2.75) is 12.8 Å². The first kappa shape index (κ1) is 9.23. The van der Waals surface area contributed by atoms with Gasteiger partial charge in [0.05, 0.1) is 6.61 Å². The predicted octanol–water partition coefficient (Wildman–Crippen LogP) is 1.03. The Morgan fingerprint density at radius 2 is 1.92 bits per heavy atom. The number of rotatable bonds is 3. The summed E-state index contributed by atoms with van der Waals surface area (Å²) in [6, 6.07) is 8.10. The Morgan fingerprint density at radius 1 is 1.33 bits per heavy atom. The molecule has 0 saturated carbocycles. The normalized spacial score (nSPS) is 12.9. The molecule has 3 N–H and O–H groups in total. The van der Waals surface area contributed by atoms with Crippen molar-refractivity contribution in [3.8, 4) is 0 Å². The highest BCUT2D eigenvalue weighted by molar-refractivity contribution is 5.24. The van der Waals surface area contributed by atoms with Crippen molar-refractivity contribution in [3.63, 3.8) is 0 Å². The molecule has 0 saturated heterocycles. The highest BCUT2D eigenvalue weighted by Crippen LogP contribution is 2.13. The molecule has 0 amide bonds. The van der Waals surface area contributed by atoms with Crippen LogP contribution < -0.4 is 5.73 Å². The van der Waals surface area contributed by atoms with E-state index in [2.05, 4.69) is 0 Å². The monoisotopic (exact) mass is 165 g/mol. The van der Waals surface area contributed by atoms with E-state index >= 15 is 0 Å². The van der Waals surface area contributed by atoms with Crippen molar-refractivity contribution in [2.24, 2.45) is 5.73 Å². The summed E-state index contributed by atoms with van der Waals surface area (Å²) in [4.78, 5) is 0. The quantitative estimate of drug-likeness (QED) is 0.702. The number of benzene rings is 1. The van der Waals surface area contributed by atoms with E-state index in [4.69, 9.17) is 10.8 Å². The molecule has 0 heterocycles. The maximum atomic E-state index is 8.97. The number of nitrogens with two attached hydrogens (primary N) is 1. The molecule has 2 heteroatoms. The van der Waals surface area contributed by atoms with Gasteiger partial charge in [-0.3, -0.25) is 0 Å². The minimum absolute atomic E-state index is 0.0885. The zero-order valence-corrected chi connectivity index (χ0v) is 7.33. The Bertz CT molecular complexity index is 226. The Morgan fingerprint density at radius 3 is 2.33 bits per heavy atom. The molecule has 0 spiro atoms. The summed E-state index contributed by atoms with van der Waals surface area (Å²) < 4.78 is 0. The van der Waals surface area contributed by atoms with E-state index in [-0.39, 0.29) is 12.5 Å². The van der Waals surface area contributed by atoms with Crippen LogP contribution in [0.4, 0.5) is 0 Å². The number of aliphatic hydroxyl groups excluding tert-OH is 1. The molecule has 0 radical (unpaired) electrons. The molecule has 0 aromatic heterocycles. The molecular weight excluding hydrogens is 150 g/mol. The lowest BCUT2D eigenvalue weighted by Gasteiger charge is -2.11. The third kappa shape index (κ3) is 2.06. The lowest BCUT2D eigenvalue weighted by atomic mass is 9.99. The van der Waals surface area contributed by atoms with Gasteiger partial charge in [-0.05, 0) is 12.5 Å². The summed E-state index contributed by atoms with van der Waals surface area (Å²) in [7, 11) is 0. The Kier molecular flexibility index (Phi) is 3.26. The second-order valence-corrected chi connectivity index (χ2v) is 3.03. The van der Waals surface area contributed by atoms with Crippen LogP contribution in [0.5, 0.6) is 0 Å². The molecule has 0 aliphatic rings. The van der Waals surface area contributed by atoms with Crippen LogP contribution in [0.2, 0.25) is 0 Å². The highest BCUT2D eigenvalue weighted by Gasteiger charge is 2.06. The van der Waals surface area contributed by atoms with E-state index in [1.165, 1.54) is 5.56 Å². The first-order valence-corrected chi connectivity index (χ1v) is 4.15. The Balaban J connectivity index is 2.80. The van der Waals surface area contributed by atoms with E-state index in [1.807, 2.05) is 31.2 Å². The van der Waals surface area contributed by atoms with Gasteiger partial charge in [-0.2, -0.15) is 0 Å². The molecule has 66 valence electrons. The second kappa shape index (κ2) is 4.24. The van der Waals surface area contributed by atoms with E-state index < -0.39 is 0 Å². The maximum absolute atomic E-state index is 8.97. The van der Waals surface area contributed by atoms with Gasteiger partial charge in [0, 0.05) is 12.5 Å². The molecule has 0 bridgehead atoms. The van der Waals surface area contributed by atoms with Gasteiger partial charge in [-0.15, -0.1) is 0 Å². The first-order chi connectivity index (χ1) is 5.77. The number of aliphatic hydroxyl groups is 1. The molecule has 0 unspecified atom stereocenters. The van der Waals surface area contributed by atoms with Gasteiger partial charge in [-0.25, -0.2) is 0 Å². The smallest absolute Gasteiger partial charge is 0.0511 e. The summed E-state index contributed by atoms with van der Waals surface area (Å²) in [5.41, 5.74) is 7.84. The molecule has 1 aromatic rings. The van der Waals surface area contributed by atoms with Gasteiger partial charge < -0.3 is 10.8 Å². The first-order valence-electron chi connectivity index (χ1n) is 4.15. The molecule has 2 nitrogen and oxygen atoms in total. The summed E-state index contributed by atoms with van der Waals surface area (Å²) >= 11 is 0. The van der Waals surface area contributed by atoms with Crippen molar-refractivity contribution < 1.29 is 5.11 Å². The molecule has 0 fully saturated rings. The second-order valence-electron chi connectivity index (χ2n) is 3.03. The lowest BCUT2D eigenvalue weighted by Crippen LogP contribution is -2.15. The lowest BCUT2D eigenvalue weighted by molar-refractivity contribution is 0.268. The van der Waals surface area contributed by atoms with Crippen molar-refractivity contribution in [1.82, 2.24) is 0 Å². The van der Waals surface area contributed by atoms with Gasteiger partial charge in [-0.1, -0.05) is 29.8 Å². The summed E-state index contributed by atoms with van der Waals surface area (Å²) in [6.45, 7) is 2.67. The highest BCUT2D eigenvalue weighted by atomic mass is 16.3. The Hall–Kier alpha value is -0.860. The topological polar surface area (TPSA) is 46.2 Å². The van der Waals surface area contributed by atoms with Crippen LogP contribution in [0, 0.1) is 6.92 Å². The molecular formula is C10H15NO. The predicted molar refractivity (Wildman–Crippen MR) is 50.1 cm³/mol. The van der Waals surface area contributed by atoms with Crippen LogP contribution in [0.3, 0.4) is 0 Å². The van der Waals surface area contributed by atoms with Crippen molar-refractivity contribution in [3.05, 3.63) is 35.4 Å². The fourth-order valence-electron chi connectivity index (χ4n) is 1.15. The fraction of sp³-hybridized carbons (Fsp3) is 0.400. The number of hydrogen-bond donors (Lipinski definition) is 2. The van der Waals surface area contributed by atoms with Gasteiger partial charge in [0.15, 0.2) is 0 Å². The van der Waals surface area contributed by atoms with Crippen LogP contribution in [-0.2, 0) is 0 Å². The fourth-order valence-corrected chi connectivity index (χ4v) is 1.15. The number of hydrogen-bond acceptors (Lipinski definition) is 2. The minimum atomic E-state index is 0.0885. The standard InChI is InChI=1S/C10H15NO/c1-8-2-4-9(5-3-8)10(6-11)7-12/h2-5,10,12H,6-7,11H2,1H3/t10-/m1/s1. The van der Waals surface area contributed by atoms with Gasteiger partial charge in [0.2, 0.25) is 0 Å². The van der Waals surface area contributed by atoms with Crippen LogP contribution in [-0.4, -0.2) is 18.3 Å². The average Bonchev–Trinajstić information content (AvgIpc) is 2.10. The molecule has 0 aliphatic heterocycles. The number of aryl methyl sites for hydroxylation is 1. The largest absolute Gasteiger partial charge is 0.396 e. The average molecular weight is 165 g/mol. The van der Waals surface area contributed by atoms with Crippen LogP contribution in [0.1, 0.15) is 17.0 Å². The van der Waals surface area contributed by atoms with E-state index in [1.54, 1.807) is 0 Å². The molecule has 12 heavy (non-hydrogen) atoms. The third-order valence-corrected chi connectivity index (χ3v) is 2.05. The van der Waals surface area contributed by atoms with E-state index in [0.29, 0.717) is 6.54 Å². The summed E-state index contributed by atoms with van der Waals surface area (Å²) in [6.07, 6.45) is 0. The zero-order valence-electron chi connectivity index (χ0n) is 7.33. The van der Waals surface area contributed by atoms with Crippen LogP contribution in [0.25, 0.3) is 0 Å². The van der Waals surface area contributed by atoms with E-state index in [9.17, 15) is 0 Å². The van der Waals surface area contributed by atoms with Crippen LogP contribution in [0.15, 0.2) is 24.3 Å². The van der Waals surface area contributed by atoms with Gasteiger partial charge >= 0.3 is 0 Å². The SMILES string of the molecule is Cc1ccc([C@H](CN)CO)cc1. The van der Waals surface area contributed by atoms with E-state index in [0.717, 1.165) is 5.56 Å². The minimum Gasteiger partial charge on any atom is -0.396 e. The van der Waals surface area contributed by atoms with Crippen molar-refractivity contribution in [2.75, 3.05) is 13.2 Å². The van der Waals surface area contributed by atoms with Gasteiger partial charge in [0.25, 0.3) is 0 Å².